The van der Waals surface area contributed by atoms with Gasteiger partial charge in [0.05, 0.1) is 0 Å². The number of aromatic nitrogens is 2. The van der Waals surface area contributed by atoms with Crippen LogP contribution in [0.4, 0.5) is 11.4 Å². The molecule has 0 bridgehead atoms. The molecule has 0 spiro atoms. The van der Waals surface area contributed by atoms with Crippen molar-refractivity contribution in [2.45, 2.75) is 39.2 Å². The summed E-state index contributed by atoms with van der Waals surface area (Å²) in [4.78, 5) is 28.3. The Balaban J connectivity index is 1.34. The molecule has 7 heteroatoms. The van der Waals surface area contributed by atoms with Gasteiger partial charge in [0, 0.05) is 42.7 Å². The largest absolute Gasteiger partial charge is 0.484 e. The maximum Gasteiger partial charge on any atom is 0.262 e. The van der Waals surface area contributed by atoms with Crippen molar-refractivity contribution >= 4 is 23.2 Å². The van der Waals surface area contributed by atoms with Gasteiger partial charge < -0.3 is 19.9 Å². The van der Waals surface area contributed by atoms with Crippen LogP contribution in [0, 0.1) is 0 Å². The van der Waals surface area contributed by atoms with E-state index in [0.717, 1.165) is 28.3 Å². The van der Waals surface area contributed by atoms with E-state index in [1.54, 1.807) is 6.07 Å². The van der Waals surface area contributed by atoms with E-state index >= 15 is 0 Å². The van der Waals surface area contributed by atoms with E-state index in [1.165, 1.54) is 0 Å². The Morgan fingerprint density at radius 1 is 1.23 bits per heavy atom. The van der Waals surface area contributed by atoms with Crippen LogP contribution in [0.2, 0.25) is 0 Å². The number of carbonyl (C=O) groups is 2. The average molecular weight is 418 g/mol. The third-order valence-corrected chi connectivity index (χ3v) is 5.17. The minimum absolute atomic E-state index is 0.0243. The van der Waals surface area contributed by atoms with Crippen LogP contribution in [0.5, 0.6) is 5.75 Å². The van der Waals surface area contributed by atoms with E-state index in [4.69, 9.17) is 4.74 Å². The van der Waals surface area contributed by atoms with Gasteiger partial charge in [0.15, 0.2) is 6.61 Å². The third kappa shape index (κ3) is 5.12. The molecule has 160 valence electrons. The number of imidazole rings is 1. The van der Waals surface area contributed by atoms with Gasteiger partial charge in [0.1, 0.15) is 11.6 Å². The first-order valence-electron chi connectivity index (χ1n) is 10.4. The van der Waals surface area contributed by atoms with Crippen LogP contribution in [0.25, 0.3) is 0 Å². The van der Waals surface area contributed by atoms with Crippen molar-refractivity contribution in [1.29, 1.82) is 0 Å². The summed E-state index contributed by atoms with van der Waals surface area (Å²) in [6.07, 6.45) is 4.92. The number of hydrogen-bond acceptors (Lipinski definition) is 4. The van der Waals surface area contributed by atoms with E-state index in [2.05, 4.69) is 34.0 Å². The summed E-state index contributed by atoms with van der Waals surface area (Å²) < 4.78 is 7.77. The molecular formula is C24H26N4O3. The molecule has 2 amide bonds. The van der Waals surface area contributed by atoms with Gasteiger partial charge in [-0.25, -0.2) is 4.98 Å². The molecule has 2 aromatic carbocycles. The Hall–Kier alpha value is -3.61. The van der Waals surface area contributed by atoms with Crippen LogP contribution in [-0.4, -0.2) is 28.0 Å². The van der Waals surface area contributed by atoms with Crippen molar-refractivity contribution in [1.82, 2.24) is 9.55 Å². The van der Waals surface area contributed by atoms with Gasteiger partial charge in [-0.1, -0.05) is 26.0 Å². The molecule has 0 saturated carbocycles. The summed E-state index contributed by atoms with van der Waals surface area (Å²) in [6.45, 7) is 4.84. The fraction of sp³-hybridized carbons (Fsp3) is 0.292. The Morgan fingerprint density at radius 3 is 2.94 bits per heavy atom. The SMILES string of the molecule is CC(C)c1nccn1Cc1cccc(NC(=O)COc2ccc3c(c2)CCC(=O)N3)c1. The van der Waals surface area contributed by atoms with Crippen LogP contribution in [0.3, 0.4) is 0 Å². The average Bonchev–Trinajstić information content (AvgIpc) is 3.21. The first kappa shape index (κ1) is 20.7. The highest BCUT2D eigenvalue weighted by Gasteiger charge is 2.15. The summed E-state index contributed by atoms with van der Waals surface area (Å²) in [6, 6.07) is 13.2. The normalized spacial score (nSPS) is 12.9. The zero-order chi connectivity index (χ0) is 21.8. The second-order valence-electron chi connectivity index (χ2n) is 7.97. The van der Waals surface area contributed by atoms with Crippen molar-refractivity contribution in [3.05, 3.63) is 71.8 Å². The number of nitrogens with one attached hydrogen (secondary N) is 2. The number of hydrogen-bond donors (Lipinski definition) is 2. The fourth-order valence-electron chi connectivity index (χ4n) is 3.69. The number of nitrogens with zero attached hydrogens (tertiary/aromatic N) is 2. The highest BCUT2D eigenvalue weighted by Crippen LogP contribution is 2.26. The number of benzene rings is 2. The van der Waals surface area contributed by atoms with Crippen LogP contribution in [0.1, 0.15) is 43.1 Å². The van der Waals surface area contributed by atoms with Crippen molar-refractivity contribution in [2.24, 2.45) is 0 Å². The molecule has 1 aromatic heterocycles. The molecule has 0 atom stereocenters. The van der Waals surface area contributed by atoms with E-state index in [0.29, 0.717) is 31.1 Å². The molecule has 2 heterocycles. The highest BCUT2D eigenvalue weighted by molar-refractivity contribution is 5.94. The minimum atomic E-state index is -0.228. The molecule has 0 radical (unpaired) electrons. The van der Waals surface area contributed by atoms with Gasteiger partial charge in [0.25, 0.3) is 5.91 Å². The lowest BCUT2D eigenvalue weighted by Gasteiger charge is -2.17. The number of amides is 2. The van der Waals surface area contributed by atoms with Gasteiger partial charge in [-0.3, -0.25) is 9.59 Å². The molecule has 0 saturated heterocycles. The monoisotopic (exact) mass is 418 g/mol. The van der Waals surface area contributed by atoms with Gasteiger partial charge >= 0.3 is 0 Å². The maximum atomic E-state index is 12.4. The lowest BCUT2D eigenvalue weighted by Crippen LogP contribution is -2.21. The predicted molar refractivity (Wildman–Crippen MR) is 119 cm³/mol. The first-order chi connectivity index (χ1) is 15.0. The molecule has 7 nitrogen and oxygen atoms in total. The summed E-state index contributed by atoms with van der Waals surface area (Å²) in [7, 11) is 0. The molecule has 0 fully saturated rings. The van der Waals surface area contributed by atoms with Crippen LogP contribution in [0.15, 0.2) is 54.9 Å². The topological polar surface area (TPSA) is 85.2 Å². The molecular weight excluding hydrogens is 392 g/mol. The molecule has 0 unspecified atom stereocenters. The summed E-state index contributed by atoms with van der Waals surface area (Å²) in [5, 5.41) is 5.73. The summed E-state index contributed by atoms with van der Waals surface area (Å²) >= 11 is 0. The van der Waals surface area contributed by atoms with Crippen molar-refractivity contribution in [2.75, 3.05) is 17.2 Å². The third-order valence-electron chi connectivity index (χ3n) is 5.17. The van der Waals surface area contributed by atoms with E-state index in [9.17, 15) is 9.59 Å². The molecule has 2 N–H and O–H groups in total. The predicted octanol–water partition coefficient (Wildman–Crippen LogP) is 3.96. The smallest absolute Gasteiger partial charge is 0.262 e. The molecule has 31 heavy (non-hydrogen) atoms. The number of carbonyl (C=O) groups excluding carboxylic acids is 2. The number of ether oxygens (including phenoxy) is 1. The van der Waals surface area contributed by atoms with Gasteiger partial charge in [-0.05, 0) is 47.9 Å². The number of aryl methyl sites for hydroxylation is 1. The molecule has 3 aromatic rings. The van der Waals surface area contributed by atoms with Gasteiger partial charge in [-0.15, -0.1) is 0 Å². The first-order valence-corrected chi connectivity index (χ1v) is 10.4. The van der Waals surface area contributed by atoms with Crippen molar-refractivity contribution < 1.29 is 14.3 Å². The Bertz CT molecular complexity index is 1100. The van der Waals surface area contributed by atoms with Gasteiger partial charge in [0.2, 0.25) is 5.91 Å². The van der Waals surface area contributed by atoms with Crippen LogP contribution >= 0.6 is 0 Å². The van der Waals surface area contributed by atoms with Crippen LogP contribution in [-0.2, 0) is 22.6 Å². The number of fused-ring (bicyclic) bond motifs is 1. The Morgan fingerprint density at radius 2 is 2.10 bits per heavy atom. The fourth-order valence-corrected chi connectivity index (χ4v) is 3.69. The molecule has 1 aliphatic rings. The molecule has 4 rings (SSSR count). The second kappa shape index (κ2) is 9.04. The summed E-state index contributed by atoms with van der Waals surface area (Å²) in [5.41, 5.74) is 3.63. The number of rotatable bonds is 7. The lowest BCUT2D eigenvalue weighted by molar-refractivity contribution is -0.118. The quantitative estimate of drug-likeness (QED) is 0.608. The zero-order valence-corrected chi connectivity index (χ0v) is 17.7. The lowest BCUT2D eigenvalue weighted by atomic mass is 10.0. The molecule has 1 aliphatic heterocycles. The second-order valence-corrected chi connectivity index (χ2v) is 7.97. The maximum absolute atomic E-state index is 12.4. The number of anilines is 2. The Labute approximate surface area is 181 Å². The van der Waals surface area contributed by atoms with E-state index < -0.39 is 0 Å². The van der Waals surface area contributed by atoms with E-state index in [-0.39, 0.29) is 18.4 Å². The molecule has 0 aliphatic carbocycles. The zero-order valence-electron chi connectivity index (χ0n) is 17.7. The van der Waals surface area contributed by atoms with E-state index in [1.807, 2.05) is 48.8 Å². The Kier molecular flexibility index (Phi) is 6.02. The van der Waals surface area contributed by atoms with Gasteiger partial charge in [-0.2, -0.15) is 0 Å². The van der Waals surface area contributed by atoms with Crippen LogP contribution < -0.4 is 15.4 Å². The standard InChI is InChI=1S/C24H26N4O3/c1-16(2)24-25-10-11-28(24)14-17-4-3-5-19(12-17)26-23(30)15-31-20-7-8-21-18(13-20)6-9-22(29)27-21/h3-5,7-8,10-13,16H,6,9,14-15H2,1-2H3,(H,26,30)(H,27,29). The summed E-state index contributed by atoms with van der Waals surface area (Å²) in [5.74, 6) is 1.78. The minimum Gasteiger partial charge on any atom is -0.484 e. The highest BCUT2D eigenvalue weighted by atomic mass is 16.5. The van der Waals surface area contributed by atoms with Crippen molar-refractivity contribution in [3.63, 3.8) is 0 Å². The van der Waals surface area contributed by atoms with Crippen molar-refractivity contribution in [3.8, 4) is 5.75 Å².